The molecule has 4 nitrogen and oxygen atoms in total. The highest BCUT2D eigenvalue weighted by Gasteiger charge is 2.20. The van der Waals surface area contributed by atoms with Gasteiger partial charge >= 0.3 is 0 Å². The summed E-state index contributed by atoms with van der Waals surface area (Å²) in [5.41, 5.74) is 6.08. The lowest BCUT2D eigenvalue weighted by molar-refractivity contribution is 0.473. The summed E-state index contributed by atoms with van der Waals surface area (Å²) in [6.45, 7) is 0.456. The van der Waals surface area contributed by atoms with Crippen LogP contribution >= 0.6 is 11.3 Å². The van der Waals surface area contributed by atoms with Crippen molar-refractivity contribution in [3.63, 3.8) is 0 Å². The Morgan fingerprint density at radius 1 is 1.26 bits per heavy atom. The van der Waals surface area contributed by atoms with E-state index in [9.17, 15) is 8.42 Å². The van der Waals surface area contributed by atoms with Crippen molar-refractivity contribution in [2.75, 3.05) is 19.3 Å². The van der Waals surface area contributed by atoms with Crippen LogP contribution in [0.15, 0.2) is 46.7 Å². The molecule has 0 aliphatic carbocycles. The molecule has 1 aromatic carbocycles. The van der Waals surface area contributed by atoms with Gasteiger partial charge in [0.25, 0.3) is 0 Å². The number of nitrogens with zero attached hydrogens (tertiary/aromatic N) is 1. The molecule has 0 fully saturated rings. The standard InChI is InChI=1S/C13H16N2O2S2/c1-15(8-7-12-5-3-9-18-12)19(16,17)13-6-2-4-11(14)10-13/h2-6,9-10H,7-8,14H2,1H3. The summed E-state index contributed by atoms with van der Waals surface area (Å²) < 4.78 is 26.0. The molecule has 6 heteroatoms. The van der Waals surface area contributed by atoms with Gasteiger partial charge in [0.1, 0.15) is 0 Å². The number of benzene rings is 1. The Morgan fingerprint density at radius 3 is 2.68 bits per heavy atom. The predicted molar refractivity (Wildman–Crippen MR) is 78.7 cm³/mol. The first-order chi connectivity index (χ1) is 9.00. The van der Waals surface area contributed by atoms with Crippen molar-refractivity contribution in [3.8, 4) is 0 Å². The highest BCUT2D eigenvalue weighted by Crippen LogP contribution is 2.18. The average molecular weight is 296 g/mol. The number of likely N-dealkylation sites (N-methyl/N-ethyl adjacent to an activating group) is 1. The van der Waals surface area contributed by atoms with Gasteiger partial charge in [0.2, 0.25) is 10.0 Å². The van der Waals surface area contributed by atoms with Crippen LogP contribution in [0.25, 0.3) is 0 Å². The number of thiophene rings is 1. The number of nitrogen functional groups attached to an aromatic ring is 1. The normalized spacial score (nSPS) is 11.9. The highest BCUT2D eigenvalue weighted by molar-refractivity contribution is 7.89. The molecule has 0 saturated carbocycles. The Balaban J connectivity index is 2.11. The largest absolute Gasteiger partial charge is 0.399 e. The van der Waals surface area contributed by atoms with Crippen molar-refractivity contribution in [1.29, 1.82) is 0 Å². The van der Waals surface area contributed by atoms with Gasteiger partial charge in [0.15, 0.2) is 0 Å². The average Bonchev–Trinajstić information content (AvgIpc) is 2.89. The first kappa shape index (κ1) is 14.0. The zero-order chi connectivity index (χ0) is 13.9. The van der Waals surface area contributed by atoms with Crippen LogP contribution < -0.4 is 5.73 Å². The van der Waals surface area contributed by atoms with Crippen LogP contribution in [0.1, 0.15) is 4.88 Å². The third kappa shape index (κ3) is 3.34. The van der Waals surface area contributed by atoms with Crippen molar-refractivity contribution < 1.29 is 8.42 Å². The second-order valence-electron chi connectivity index (χ2n) is 4.23. The van der Waals surface area contributed by atoms with E-state index in [4.69, 9.17) is 5.73 Å². The maximum atomic E-state index is 12.3. The predicted octanol–water partition coefficient (Wildman–Crippen LogP) is 2.19. The maximum Gasteiger partial charge on any atom is 0.242 e. The van der Waals surface area contributed by atoms with E-state index in [-0.39, 0.29) is 4.90 Å². The van der Waals surface area contributed by atoms with Gasteiger partial charge in [-0.25, -0.2) is 12.7 Å². The van der Waals surface area contributed by atoms with E-state index in [0.717, 1.165) is 6.42 Å². The monoisotopic (exact) mass is 296 g/mol. The fraction of sp³-hybridized carbons (Fsp3) is 0.231. The zero-order valence-electron chi connectivity index (χ0n) is 10.6. The number of anilines is 1. The molecule has 0 saturated heterocycles. The van der Waals surface area contributed by atoms with Crippen LogP contribution in [0.2, 0.25) is 0 Å². The number of nitrogens with two attached hydrogens (primary N) is 1. The Kier molecular flexibility index (Phi) is 4.24. The highest BCUT2D eigenvalue weighted by atomic mass is 32.2. The molecule has 0 spiro atoms. The molecule has 2 rings (SSSR count). The fourth-order valence-corrected chi connectivity index (χ4v) is 3.62. The fourth-order valence-electron chi connectivity index (χ4n) is 1.70. The Labute approximate surface area is 117 Å². The quantitative estimate of drug-likeness (QED) is 0.860. The molecule has 0 atom stereocenters. The number of hydrogen-bond acceptors (Lipinski definition) is 4. The Bertz CT molecular complexity index is 636. The van der Waals surface area contributed by atoms with E-state index >= 15 is 0 Å². The van der Waals surface area contributed by atoms with Crippen molar-refractivity contribution >= 4 is 27.0 Å². The maximum absolute atomic E-state index is 12.3. The summed E-state index contributed by atoms with van der Waals surface area (Å²) in [6, 6.07) is 10.3. The topological polar surface area (TPSA) is 63.4 Å². The molecule has 2 N–H and O–H groups in total. The molecule has 0 aliphatic heterocycles. The number of hydrogen-bond donors (Lipinski definition) is 1. The summed E-state index contributed by atoms with van der Waals surface area (Å²) >= 11 is 1.63. The van der Waals surface area contributed by atoms with E-state index in [2.05, 4.69) is 0 Å². The van der Waals surface area contributed by atoms with Crippen LogP contribution in [-0.4, -0.2) is 26.3 Å². The Hall–Kier alpha value is -1.37. The minimum absolute atomic E-state index is 0.237. The van der Waals surface area contributed by atoms with Gasteiger partial charge in [0.05, 0.1) is 4.90 Å². The molecule has 1 aromatic heterocycles. The molecule has 2 aromatic rings. The zero-order valence-corrected chi connectivity index (χ0v) is 12.2. The van der Waals surface area contributed by atoms with Crippen LogP contribution in [0.3, 0.4) is 0 Å². The summed E-state index contributed by atoms with van der Waals surface area (Å²) in [4.78, 5) is 1.41. The Morgan fingerprint density at radius 2 is 2.05 bits per heavy atom. The first-order valence-electron chi connectivity index (χ1n) is 5.84. The summed E-state index contributed by atoms with van der Waals surface area (Å²) in [7, 11) is -1.87. The molecule has 19 heavy (non-hydrogen) atoms. The molecule has 0 unspecified atom stereocenters. The van der Waals surface area contributed by atoms with E-state index < -0.39 is 10.0 Å². The van der Waals surface area contributed by atoms with Gasteiger partial charge < -0.3 is 5.73 Å². The van der Waals surface area contributed by atoms with E-state index in [1.165, 1.54) is 15.2 Å². The molecule has 0 bridgehead atoms. The van der Waals surface area contributed by atoms with E-state index in [0.29, 0.717) is 12.2 Å². The van der Waals surface area contributed by atoms with Gasteiger partial charge in [-0.05, 0) is 36.1 Å². The van der Waals surface area contributed by atoms with Crippen LogP contribution in [0, 0.1) is 0 Å². The van der Waals surface area contributed by atoms with Gasteiger partial charge in [-0.2, -0.15) is 0 Å². The van der Waals surface area contributed by atoms with Gasteiger partial charge in [-0.15, -0.1) is 11.3 Å². The van der Waals surface area contributed by atoms with Gasteiger partial charge in [0, 0.05) is 24.2 Å². The molecular formula is C13H16N2O2S2. The lowest BCUT2D eigenvalue weighted by Crippen LogP contribution is -2.28. The van der Waals surface area contributed by atoms with E-state index in [1.54, 1.807) is 36.6 Å². The minimum atomic E-state index is -3.46. The summed E-state index contributed by atoms with van der Waals surface area (Å²) in [6.07, 6.45) is 0.718. The van der Waals surface area contributed by atoms with Crippen molar-refractivity contribution in [2.24, 2.45) is 0 Å². The number of sulfonamides is 1. The summed E-state index contributed by atoms with van der Waals surface area (Å²) in [5, 5.41) is 1.99. The van der Waals surface area contributed by atoms with Crippen molar-refractivity contribution in [1.82, 2.24) is 4.31 Å². The van der Waals surface area contributed by atoms with Crippen LogP contribution in [0.4, 0.5) is 5.69 Å². The molecule has 0 aliphatic rings. The van der Waals surface area contributed by atoms with Crippen molar-refractivity contribution in [3.05, 3.63) is 46.7 Å². The molecule has 1 heterocycles. The molecule has 0 radical (unpaired) electrons. The molecular weight excluding hydrogens is 280 g/mol. The van der Waals surface area contributed by atoms with Crippen LogP contribution in [0.5, 0.6) is 0 Å². The third-order valence-corrected chi connectivity index (χ3v) is 5.61. The SMILES string of the molecule is CN(CCc1cccs1)S(=O)(=O)c1cccc(N)c1. The lowest BCUT2D eigenvalue weighted by Gasteiger charge is -2.17. The lowest BCUT2D eigenvalue weighted by atomic mass is 10.3. The van der Waals surface area contributed by atoms with Gasteiger partial charge in [-0.1, -0.05) is 12.1 Å². The van der Waals surface area contributed by atoms with E-state index in [1.807, 2.05) is 17.5 Å². The van der Waals surface area contributed by atoms with Crippen LogP contribution in [-0.2, 0) is 16.4 Å². The number of rotatable bonds is 5. The second kappa shape index (κ2) is 5.73. The van der Waals surface area contributed by atoms with Crippen molar-refractivity contribution in [2.45, 2.75) is 11.3 Å². The molecule has 102 valence electrons. The summed E-state index contributed by atoms with van der Waals surface area (Å²) in [5.74, 6) is 0. The third-order valence-electron chi connectivity index (χ3n) is 2.82. The second-order valence-corrected chi connectivity index (χ2v) is 7.31. The first-order valence-corrected chi connectivity index (χ1v) is 8.16. The minimum Gasteiger partial charge on any atom is -0.399 e. The smallest absolute Gasteiger partial charge is 0.242 e. The molecule has 0 amide bonds. The van der Waals surface area contributed by atoms with Gasteiger partial charge in [-0.3, -0.25) is 0 Å².